The summed E-state index contributed by atoms with van der Waals surface area (Å²) in [5.74, 6) is 0. The van der Waals surface area contributed by atoms with E-state index in [2.05, 4.69) is 35.0 Å². The minimum atomic E-state index is -0.421. The van der Waals surface area contributed by atoms with Crippen LogP contribution in [0.2, 0.25) is 0 Å². The maximum absolute atomic E-state index is 10.2. The smallest absolute Gasteiger partial charge is 0.0838 e. The van der Waals surface area contributed by atoms with E-state index in [4.69, 9.17) is 0 Å². The molecule has 2 rings (SSSR count). The Morgan fingerprint density at radius 1 is 1.24 bits per heavy atom. The highest BCUT2D eigenvalue weighted by molar-refractivity contribution is 9.10. The Bertz CT molecular complexity index is 492. The van der Waals surface area contributed by atoms with Crippen LogP contribution in [-0.2, 0) is 12.8 Å². The second-order valence-corrected chi connectivity index (χ2v) is 6.17. The molecule has 1 unspecified atom stereocenters. The van der Waals surface area contributed by atoms with Gasteiger partial charge in [-0.2, -0.15) is 0 Å². The zero-order valence-corrected chi connectivity index (χ0v) is 12.1. The Morgan fingerprint density at radius 3 is 2.65 bits per heavy atom. The predicted molar refractivity (Wildman–Crippen MR) is 76.5 cm³/mol. The summed E-state index contributed by atoms with van der Waals surface area (Å²) in [5.41, 5.74) is 0.964. The summed E-state index contributed by atoms with van der Waals surface area (Å²) < 4.78 is 1.01. The third-order valence-corrected chi connectivity index (χ3v) is 4.44. The van der Waals surface area contributed by atoms with Crippen molar-refractivity contribution >= 4 is 27.3 Å². The first kappa shape index (κ1) is 12.8. The fourth-order valence-corrected chi connectivity index (χ4v) is 3.16. The molecule has 2 aromatic rings. The molecule has 0 aliphatic carbocycles. The number of hydrogen-bond donors (Lipinski definition) is 1. The number of thiophene rings is 1. The Balaban J connectivity index is 2.08. The normalized spacial score (nSPS) is 12.6. The molecule has 1 atom stereocenters. The highest BCUT2D eigenvalue weighted by Gasteiger charge is 2.10. The highest BCUT2D eigenvalue weighted by atomic mass is 79.9. The van der Waals surface area contributed by atoms with Gasteiger partial charge in [-0.25, -0.2) is 0 Å². The Labute approximate surface area is 114 Å². The molecule has 1 heterocycles. The predicted octanol–water partition coefficient (Wildman–Crippen LogP) is 4.35. The van der Waals surface area contributed by atoms with Gasteiger partial charge in [0.25, 0.3) is 0 Å². The van der Waals surface area contributed by atoms with Crippen molar-refractivity contribution < 1.29 is 5.11 Å². The molecule has 0 spiro atoms. The van der Waals surface area contributed by atoms with Crippen LogP contribution < -0.4 is 0 Å². The summed E-state index contributed by atoms with van der Waals surface area (Å²) in [6.45, 7) is 2.15. The van der Waals surface area contributed by atoms with Gasteiger partial charge < -0.3 is 5.11 Å². The van der Waals surface area contributed by atoms with Crippen molar-refractivity contribution in [3.63, 3.8) is 0 Å². The SMILES string of the molecule is CCc1ccc(CC(O)c2cccc(Br)c2)s1. The summed E-state index contributed by atoms with van der Waals surface area (Å²) in [6, 6.07) is 12.1. The molecule has 0 saturated heterocycles. The van der Waals surface area contributed by atoms with Gasteiger partial charge in [0.15, 0.2) is 0 Å². The van der Waals surface area contributed by atoms with Crippen molar-refractivity contribution in [2.45, 2.75) is 25.9 Å². The lowest BCUT2D eigenvalue weighted by Crippen LogP contribution is -2.00. The number of aryl methyl sites for hydroxylation is 1. The van der Waals surface area contributed by atoms with E-state index in [1.165, 1.54) is 9.75 Å². The van der Waals surface area contributed by atoms with Gasteiger partial charge in [-0.05, 0) is 36.2 Å². The Kier molecular flexibility index (Phi) is 4.37. The van der Waals surface area contributed by atoms with Crippen molar-refractivity contribution in [1.82, 2.24) is 0 Å². The molecule has 17 heavy (non-hydrogen) atoms. The van der Waals surface area contributed by atoms with E-state index in [9.17, 15) is 5.11 Å². The monoisotopic (exact) mass is 310 g/mol. The van der Waals surface area contributed by atoms with Gasteiger partial charge in [0, 0.05) is 20.6 Å². The van der Waals surface area contributed by atoms with Gasteiger partial charge in [-0.3, -0.25) is 0 Å². The average molecular weight is 311 g/mol. The van der Waals surface area contributed by atoms with E-state index in [-0.39, 0.29) is 0 Å². The van der Waals surface area contributed by atoms with Gasteiger partial charge in [-0.1, -0.05) is 35.0 Å². The van der Waals surface area contributed by atoms with Crippen molar-refractivity contribution in [3.05, 3.63) is 56.2 Å². The number of benzene rings is 1. The van der Waals surface area contributed by atoms with Crippen molar-refractivity contribution in [1.29, 1.82) is 0 Å². The molecular weight excluding hydrogens is 296 g/mol. The van der Waals surface area contributed by atoms with Gasteiger partial charge in [0.2, 0.25) is 0 Å². The molecule has 0 bridgehead atoms. The molecule has 1 nitrogen and oxygen atoms in total. The standard InChI is InChI=1S/C14H15BrOS/c1-2-12-6-7-13(17-12)9-14(16)10-4-3-5-11(15)8-10/h3-8,14,16H,2,9H2,1H3. The number of hydrogen-bond acceptors (Lipinski definition) is 2. The van der Waals surface area contributed by atoms with Crippen LogP contribution >= 0.6 is 27.3 Å². The molecule has 0 saturated carbocycles. The maximum atomic E-state index is 10.2. The van der Waals surface area contributed by atoms with E-state index in [1.54, 1.807) is 11.3 Å². The molecule has 0 radical (unpaired) electrons. The summed E-state index contributed by atoms with van der Waals surface area (Å²) in [4.78, 5) is 2.62. The first-order valence-electron chi connectivity index (χ1n) is 5.70. The molecule has 1 aromatic carbocycles. The first-order chi connectivity index (χ1) is 8.19. The number of rotatable bonds is 4. The second-order valence-electron chi connectivity index (χ2n) is 4.00. The van der Waals surface area contributed by atoms with Crippen LogP contribution in [-0.4, -0.2) is 5.11 Å². The van der Waals surface area contributed by atoms with Gasteiger partial charge >= 0.3 is 0 Å². The van der Waals surface area contributed by atoms with Crippen LogP contribution in [0, 0.1) is 0 Å². The molecule has 1 aromatic heterocycles. The van der Waals surface area contributed by atoms with Crippen molar-refractivity contribution in [2.24, 2.45) is 0 Å². The minimum absolute atomic E-state index is 0.421. The molecule has 0 amide bonds. The van der Waals surface area contributed by atoms with Gasteiger partial charge in [-0.15, -0.1) is 11.3 Å². The number of aliphatic hydroxyl groups is 1. The van der Waals surface area contributed by atoms with Crippen molar-refractivity contribution in [3.8, 4) is 0 Å². The molecule has 0 aliphatic rings. The molecule has 90 valence electrons. The van der Waals surface area contributed by atoms with Crippen LogP contribution in [0.3, 0.4) is 0 Å². The third-order valence-electron chi connectivity index (χ3n) is 2.69. The highest BCUT2D eigenvalue weighted by Crippen LogP contribution is 2.25. The fraction of sp³-hybridized carbons (Fsp3) is 0.286. The molecule has 0 aliphatic heterocycles. The quantitative estimate of drug-likeness (QED) is 0.890. The van der Waals surface area contributed by atoms with Crippen molar-refractivity contribution in [2.75, 3.05) is 0 Å². The Morgan fingerprint density at radius 2 is 2.00 bits per heavy atom. The van der Waals surface area contributed by atoms with Crippen LogP contribution in [0.25, 0.3) is 0 Å². The van der Waals surface area contributed by atoms with Crippen LogP contribution in [0.1, 0.15) is 28.3 Å². The average Bonchev–Trinajstić information content (AvgIpc) is 2.77. The minimum Gasteiger partial charge on any atom is -0.388 e. The van der Waals surface area contributed by atoms with E-state index in [1.807, 2.05) is 24.3 Å². The molecule has 1 N–H and O–H groups in total. The maximum Gasteiger partial charge on any atom is 0.0838 e. The van der Waals surface area contributed by atoms with Gasteiger partial charge in [0.1, 0.15) is 0 Å². The first-order valence-corrected chi connectivity index (χ1v) is 7.31. The second kappa shape index (κ2) is 5.80. The summed E-state index contributed by atoms with van der Waals surface area (Å²) in [6.07, 6.45) is 1.34. The zero-order valence-electron chi connectivity index (χ0n) is 9.69. The molecular formula is C14H15BrOS. The largest absolute Gasteiger partial charge is 0.388 e. The number of aliphatic hydroxyl groups excluding tert-OH is 1. The number of halogens is 1. The van der Waals surface area contributed by atoms with E-state index in [0.29, 0.717) is 6.42 Å². The fourth-order valence-electron chi connectivity index (χ4n) is 1.74. The van der Waals surface area contributed by atoms with E-state index >= 15 is 0 Å². The summed E-state index contributed by atoms with van der Waals surface area (Å²) in [5, 5.41) is 10.2. The topological polar surface area (TPSA) is 20.2 Å². The molecule has 3 heteroatoms. The van der Waals surface area contributed by atoms with Crippen LogP contribution in [0.15, 0.2) is 40.9 Å². The lowest BCUT2D eigenvalue weighted by molar-refractivity contribution is 0.179. The molecule has 0 fully saturated rings. The van der Waals surface area contributed by atoms with Crippen LogP contribution in [0.4, 0.5) is 0 Å². The third kappa shape index (κ3) is 3.41. The zero-order chi connectivity index (χ0) is 12.3. The van der Waals surface area contributed by atoms with E-state index < -0.39 is 6.10 Å². The summed E-state index contributed by atoms with van der Waals surface area (Å²) >= 11 is 5.21. The van der Waals surface area contributed by atoms with Gasteiger partial charge in [0.05, 0.1) is 6.10 Å². The van der Waals surface area contributed by atoms with Crippen LogP contribution in [0.5, 0.6) is 0 Å². The van der Waals surface area contributed by atoms with E-state index in [0.717, 1.165) is 16.5 Å². The lowest BCUT2D eigenvalue weighted by atomic mass is 10.1. The lowest BCUT2D eigenvalue weighted by Gasteiger charge is -2.09. The summed E-state index contributed by atoms with van der Waals surface area (Å²) in [7, 11) is 0. The Hall–Kier alpha value is -0.640.